The first-order chi connectivity index (χ1) is 19.6. The third kappa shape index (κ3) is 6.90. The summed E-state index contributed by atoms with van der Waals surface area (Å²) in [7, 11) is 0. The van der Waals surface area contributed by atoms with E-state index in [4.69, 9.17) is 12.2 Å². The van der Waals surface area contributed by atoms with E-state index in [1.54, 1.807) is 29.5 Å². The maximum Gasteiger partial charge on any atom is 0.256 e. The molecule has 8 heteroatoms. The monoisotopic (exact) mass is 566 g/mol. The first kappa shape index (κ1) is 27.5. The van der Waals surface area contributed by atoms with Crippen molar-refractivity contribution in [3.63, 3.8) is 0 Å². The fourth-order valence-corrected chi connectivity index (χ4v) is 5.70. The summed E-state index contributed by atoms with van der Waals surface area (Å²) >= 11 is 6.90. The van der Waals surface area contributed by atoms with Crippen LogP contribution in [-0.2, 0) is 4.79 Å². The molecule has 0 spiro atoms. The van der Waals surface area contributed by atoms with Crippen LogP contribution < -0.4 is 10.6 Å². The summed E-state index contributed by atoms with van der Waals surface area (Å²) in [4.78, 5) is 31.2. The lowest BCUT2D eigenvalue weighted by molar-refractivity contribution is -0.115. The summed E-state index contributed by atoms with van der Waals surface area (Å²) in [5.74, 6) is -0.400. The molecule has 40 heavy (non-hydrogen) atoms. The third-order valence-electron chi connectivity index (χ3n) is 6.78. The predicted molar refractivity (Wildman–Crippen MR) is 166 cm³/mol. The zero-order valence-electron chi connectivity index (χ0n) is 21.9. The van der Waals surface area contributed by atoms with E-state index in [2.05, 4.69) is 64.1 Å². The van der Waals surface area contributed by atoms with Gasteiger partial charge in [-0.25, -0.2) is 0 Å². The van der Waals surface area contributed by atoms with Crippen molar-refractivity contribution in [3.05, 3.63) is 130 Å². The van der Waals surface area contributed by atoms with Crippen LogP contribution in [0.3, 0.4) is 0 Å². The van der Waals surface area contributed by atoms with Gasteiger partial charge in [-0.1, -0.05) is 78.9 Å². The number of carbonyl (C=O) groups is 2. The highest BCUT2D eigenvalue weighted by atomic mass is 32.1. The molecule has 0 aliphatic carbocycles. The minimum absolute atomic E-state index is 0.0644. The molecule has 202 valence electrons. The topological polar surface area (TPSA) is 64.7 Å². The molecular formula is C32H30N4O2S2. The average molecular weight is 567 g/mol. The molecule has 2 heterocycles. The molecule has 1 saturated heterocycles. The van der Waals surface area contributed by atoms with Crippen LogP contribution in [0.1, 0.15) is 32.4 Å². The minimum Gasteiger partial charge on any atom is -0.336 e. The molecule has 1 aliphatic rings. The first-order valence-corrected chi connectivity index (χ1v) is 14.4. The molecule has 6 nitrogen and oxygen atoms in total. The van der Waals surface area contributed by atoms with Gasteiger partial charge in [-0.15, -0.1) is 11.3 Å². The third-order valence-corrected chi connectivity index (χ3v) is 7.82. The number of nitrogens with one attached hydrogen (secondary N) is 2. The Bertz CT molecular complexity index is 1430. The molecule has 2 N–H and O–H groups in total. The molecule has 2 amide bonds. The maximum absolute atomic E-state index is 13.6. The van der Waals surface area contributed by atoms with Gasteiger partial charge in [0.25, 0.3) is 5.91 Å². The van der Waals surface area contributed by atoms with Gasteiger partial charge in [0.2, 0.25) is 5.91 Å². The number of hydrogen-bond donors (Lipinski definition) is 2. The number of thiocarbonyl (C=S) groups is 1. The molecule has 0 bridgehead atoms. The largest absolute Gasteiger partial charge is 0.336 e. The van der Waals surface area contributed by atoms with E-state index in [9.17, 15) is 9.59 Å². The van der Waals surface area contributed by atoms with E-state index in [1.165, 1.54) is 17.2 Å². The van der Waals surface area contributed by atoms with Crippen molar-refractivity contribution < 1.29 is 9.59 Å². The molecule has 0 radical (unpaired) electrons. The molecular weight excluding hydrogens is 537 g/mol. The molecule has 1 aliphatic heterocycles. The Hall–Kier alpha value is -4.11. The van der Waals surface area contributed by atoms with Crippen LogP contribution in [0, 0.1) is 0 Å². The van der Waals surface area contributed by atoms with Crippen molar-refractivity contribution in [2.75, 3.05) is 31.5 Å². The van der Waals surface area contributed by atoms with E-state index in [-0.39, 0.29) is 23.0 Å². The second-order valence-corrected chi connectivity index (χ2v) is 10.8. The number of anilines is 1. The summed E-state index contributed by atoms with van der Waals surface area (Å²) in [5.41, 5.74) is 3.56. The number of piperazine rings is 1. The number of hydrogen-bond acceptors (Lipinski definition) is 5. The molecule has 0 unspecified atom stereocenters. The minimum atomic E-state index is -0.336. The van der Waals surface area contributed by atoms with Crippen LogP contribution in [0.5, 0.6) is 0 Å². The van der Waals surface area contributed by atoms with Gasteiger partial charge < -0.3 is 10.2 Å². The van der Waals surface area contributed by atoms with E-state index >= 15 is 0 Å². The van der Waals surface area contributed by atoms with Gasteiger partial charge in [-0.3, -0.25) is 19.8 Å². The lowest BCUT2D eigenvalue weighted by atomic mass is 9.96. The zero-order chi connectivity index (χ0) is 27.7. The van der Waals surface area contributed by atoms with Gasteiger partial charge in [0.05, 0.1) is 17.3 Å². The molecule has 1 fully saturated rings. The second-order valence-electron chi connectivity index (χ2n) is 9.39. The van der Waals surface area contributed by atoms with Gasteiger partial charge in [0.1, 0.15) is 0 Å². The van der Waals surface area contributed by atoms with Crippen LogP contribution in [0.2, 0.25) is 0 Å². The molecule has 3 aromatic carbocycles. The van der Waals surface area contributed by atoms with Crippen LogP contribution >= 0.6 is 23.6 Å². The smallest absolute Gasteiger partial charge is 0.256 e. The fraction of sp³-hybridized carbons (Fsp3) is 0.156. The second kappa shape index (κ2) is 13.3. The van der Waals surface area contributed by atoms with E-state index in [0.29, 0.717) is 24.3 Å². The van der Waals surface area contributed by atoms with Crippen molar-refractivity contribution in [2.45, 2.75) is 6.04 Å². The Kier molecular flexibility index (Phi) is 9.13. The highest BCUT2D eigenvalue weighted by Crippen LogP contribution is 2.30. The highest BCUT2D eigenvalue weighted by Gasteiger charge is 2.29. The van der Waals surface area contributed by atoms with Crippen LogP contribution in [0.15, 0.2) is 109 Å². The van der Waals surface area contributed by atoms with Crippen molar-refractivity contribution in [3.8, 4) is 0 Å². The lowest BCUT2D eigenvalue weighted by Crippen LogP contribution is -2.50. The Labute approximate surface area is 243 Å². The van der Waals surface area contributed by atoms with Crippen LogP contribution in [0.4, 0.5) is 5.69 Å². The Morgan fingerprint density at radius 1 is 0.800 bits per heavy atom. The van der Waals surface area contributed by atoms with Gasteiger partial charge in [0, 0.05) is 37.1 Å². The maximum atomic E-state index is 13.6. The molecule has 5 rings (SSSR count). The van der Waals surface area contributed by atoms with Crippen molar-refractivity contribution in [2.24, 2.45) is 0 Å². The lowest BCUT2D eigenvalue weighted by Gasteiger charge is -2.40. The number of amides is 2. The molecule has 0 saturated carbocycles. The molecule has 0 atom stereocenters. The number of nitrogens with zero attached hydrogens (tertiary/aromatic N) is 2. The summed E-state index contributed by atoms with van der Waals surface area (Å²) < 4.78 is 0. The molecule has 1 aromatic heterocycles. The number of para-hydroxylation sites is 1. The van der Waals surface area contributed by atoms with Gasteiger partial charge >= 0.3 is 0 Å². The normalized spacial score (nSPS) is 13.9. The summed E-state index contributed by atoms with van der Waals surface area (Å²) in [6.07, 6.45) is 3.17. The van der Waals surface area contributed by atoms with Gasteiger partial charge in [-0.2, -0.15) is 0 Å². The summed E-state index contributed by atoms with van der Waals surface area (Å²) in [6, 6.07) is 32.2. The quantitative estimate of drug-likeness (QED) is 0.218. The molecule has 4 aromatic rings. The number of thiophene rings is 1. The zero-order valence-corrected chi connectivity index (χ0v) is 23.5. The number of carbonyl (C=O) groups excluding carboxylic acids is 2. The first-order valence-electron chi connectivity index (χ1n) is 13.1. The van der Waals surface area contributed by atoms with Crippen molar-refractivity contribution in [1.29, 1.82) is 0 Å². The highest BCUT2D eigenvalue weighted by molar-refractivity contribution is 7.80. The Morgan fingerprint density at radius 2 is 1.43 bits per heavy atom. The van der Waals surface area contributed by atoms with Crippen LogP contribution in [-0.4, -0.2) is 52.9 Å². The van der Waals surface area contributed by atoms with Crippen LogP contribution in [0.25, 0.3) is 6.08 Å². The Morgan fingerprint density at radius 3 is 2.05 bits per heavy atom. The SMILES string of the molecule is O=C(/C=C/c1cccs1)NC(=S)Nc1ccccc1C(=O)N1CCN(C(c2ccccc2)c2ccccc2)CC1. The summed E-state index contributed by atoms with van der Waals surface area (Å²) in [6.45, 7) is 2.72. The van der Waals surface area contributed by atoms with Gasteiger partial charge in [-0.05, 0) is 53.0 Å². The standard InChI is InChI=1S/C32H30N4O2S2/c37-29(18-17-26-14-9-23-40-26)34-32(39)33-28-16-8-7-15-27(28)31(38)36-21-19-35(20-22-36)30(24-10-3-1-4-11-24)25-12-5-2-6-13-25/h1-18,23,30H,19-22H2,(H2,33,34,37,39)/b18-17+. The Balaban J connectivity index is 1.23. The van der Waals surface area contributed by atoms with E-state index in [0.717, 1.165) is 18.0 Å². The number of benzene rings is 3. The van der Waals surface area contributed by atoms with E-state index in [1.807, 2.05) is 46.7 Å². The van der Waals surface area contributed by atoms with Gasteiger partial charge in [0.15, 0.2) is 5.11 Å². The predicted octanol–water partition coefficient (Wildman–Crippen LogP) is 5.82. The summed E-state index contributed by atoms with van der Waals surface area (Å²) in [5, 5.41) is 7.77. The van der Waals surface area contributed by atoms with E-state index < -0.39 is 0 Å². The number of rotatable bonds is 7. The van der Waals surface area contributed by atoms with Crippen molar-refractivity contribution >= 4 is 52.2 Å². The fourth-order valence-electron chi connectivity index (χ4n) is 4.87. The van der Waals surface area contributed by atoms with Crippen molar-refractivity contribution in [1.82, 2.24) is 15.1 Å². The average Bonchev–Trinajstić information content (AvgIpc) is 3.52.